The summed E-state index contributed by atoms with van der Waals surface area (Å²) < 4.78 is 2.18. The molecule has 0 saturated heterocycles. The number of hydrogen-bond donors (Lipinski definition) is 1. The van der Waals surface area contributed by atoms with Crippen LogP contribution < -0.4 is 5.32 Å². The van der Waals surface area contributed by atoms with Crippen molar-refractivity contribution in [2.45, 2.75) is 51.7 Å². The molecule has 0 radical (unpaired) electrons. The molecule has 0 bridgehead atoms. The van der Waals surface area contributed by atoms with Gasteiger partial charge in [0.25, 0.3) is 0 Å². The number of rotatable bonds is 2. The molecule has 0 amide bonds. The van der Waals surface area contributed by atoms with Gasteiger partial charge in [-0.05, 0) is 18.8 Å². The van der Waals surface area contributed by atoms with Gasteiger partial charge in [-0.1, -0.05) is 19.3 Å². The lowest BCUT2D eigenvalue weighted by Gasteiger charge is -2.21. The molecule has 1 aliphatic carbocycles. The van der Waals surface area contributed by atoms with Gasteiger partial charge in [-0.25, -0.2) is 0 Å². The molecule has 82 valence electrons. The molecule has 1 N–H and O–H groups in total. The fraction of sp³-hybridized carbons (Fsp3) is 0.750. The Morgan fingerprint density at radius 1 is 1.27 bits per heavy atom. The Balaban J connectivity index is 1.66. The summed E-state index contributed by atoms with van der Waals surface area (Å²) in [6.45, 7) is 3.12. The molecule has 1 saturated carbocycles. The molecule has 1 aliphatic heterocycles. The van der Waals surface area contributed by atoms with E-state index in [0.717, 1.165) is 25.6 Å². The van der Waals surface area contributed by atoms with Crippen molar-refractivity contribution in [2.24, 2.45) is 5.92 Å². The van der Waals surface area contributed by atoms with Gasteiger partial charge in [-0.3, -0.25) is 4.68 Å². The van der Waals surface area contributed by atoms with E-state index in [9.17, 15) is 0 Å². The van der Waals surface area contributed by atoms with Crippen LogP contribution in [0.2, 0.25) is 0 Å². The zero-order chi connectivity index (χ0) is 10.1. The normalized spacial score (nSPS) is 21.9. The van der Waals surface area contributed by atoms with Crippen molar-refractivity contribution >= 4 is 0 Å². The van der Waals surface area contributed by atoms with Crippen molar-refractivity contribution in [2.75, 3.05) is 0 Å². The molecule has 3 heteroatoms. The maximum Gasteiger partial charge on any atom is 0.0807 e. The van der Waals surface area contributed by atoms with Crippen LogP contribution in [0.25, 0.3) is 0 Å². The second kappa shape index (κ2) is 3.97. The smallest absolute Gasteiger partial charge is 0.0807 e. The SMILES string of the molecule is c1c2c(nn1CC1CCCCC1)CNC2. The topological polar surface area (TPSA) is 29.9 Å². The Morgan fingerprint density at radius 2 is 2.13 bits per heavy atom. The molecule has 0 unspecified atom stereocenters. The molecule has 3 nitrogen and oxygen atoms in total. The van der Waals surface area contributed by atoms with E-state index in [1.165, 1.54) is 43.4 Å². The van der Waals surface area contributed by atoms with Crippen LogP contribution in [-0.4, -0.2) is 9.78 Å². The zero-order valence-electron chi connectivity index (χ0n) is 9.21. The summed E-state index contributed by atoms with van der Waals surface area (Å²) in [5.41, 5.74) is 2.68. The van der Waals surface area contributed by atoms with Gasteiger partial charge in [0.05, 0.1) is 5.69 Å². The lowest BCUT2D eigenvalue weighted by atomic mass is 9.89. The highest BCUT2D eigenvalue weighted by molar-refractivity contribution is 5.20. The van der Waals surface area contributed by atoms with Gasteiger partial charge in [-0.2, -0.15) is 5.10 Å². The first-order chi connectivity index (χ1) is 7.42. The second-order valence-corrected chi connectivity index (χ2v) is 4.93. The lowest BCUT2D eigenvalue weighted by molar-refractivity contribution is 0.307. The van der Waals surface area contributed by atoms with Crippen LogP contribution in [0.3, 0.4) is 0 Å². The predicted molar refractivity (Wildman–Crippen MR) is 59.3 cm³/mol. The molecular formula is C12H19N3. The average molecular weight is 205 g/mol. The number of aromatic nitrogens is 2. The Morgan fingerprint density at radius 3 is 2.93 bits per heavy atom. The van der Waals surface area contributed by atoms with E-state index in [-0.39, 0.29) is 0 Å². The van der Waals surface area contributed by atoms with Crippen molar-refractivity contribution in [1.82, 2.24) is 15.1 Å². The lowest BCUT2D eigenvalue weighted by Crippen LogP contribution is -2.15. The summed E-state index contributed by atoms with van der Waals surface area (Å²) in [4.78, 5) is 0. The van der Waals surface area contributed by atoms with Crippen molar-refractivity contribution in [1.29, 1.82) is 0 Å². The molecule has 1 fully saturated rings. The fourth-order valence-corrected chi connectivity index (χ4v) is 2.84. The highest BCUT2D eigenvalue weighted by Gasteiger charge is 2.18. The van der Waals surface area contributed by atoms with Crippen LogP contribution in [0.15, 0.2) is 6.20 Å². The first-order valence-electron chi connectivity index (χ1n) is 6.18. The maximum absolute atomic E-state index is 4.64. The predicted octanol–water partition coefficient (Wildman–Crippen LogP) is 2.07. The van der Waals surface area contributed by atoms with Crippen LogP contribution >= 0.6 is 0 Å². The van der Waals surface area contributed by atoms with E-state index >= 15 is 0 Å². The molecule has 0 atom stereocenters. The van der Waals surface area contributed by atoms with Gasteiger partial charge in [0.1, 0.15) is 0 Å². The number of nitrogens with one attached hydrogen (secondary N) is 1. The standard InChI is InChI=1S/C12H19N3/c1-2-4-10(5-3-1)8-15-9-11-6-13-7-12(11)14-15/h9-10,13H,1-8H2. The molecule has 15 heavy (non-hydrogen) atoms. The Kier molecular flexibility index (Phi) is 2.49. The Hall–Kier alpha value is -0.830. The summed E-state index contributed by atoms with van der Waals surface area (Å²) >= 11 is 0. The van der Waals surface area contributed by atoms with Crippen LogP contribution in [0.4, 0.5) is 0 Å². The molecule has 0 spiro atoms. The number of fused-ring (bicyclic) bond motifs is 1. The first-order valence-corrected chi connectivity index (χ1v) is 6.18. The Bertz CT molecular complexity index is 315. The average Bonchev–Trinajstić information content (AvgIpc) is 2.79. The summed E-state index contributed by atoms with van der Waals surface area (Å²) in [6, 6.07) is 0. The third-order valence-electron chi connectivity index (χ3n) is 3.70. The summed E-state index contributed by atoms with van der Waals surface area (Å²) in [7, 11) is 0. The third-order valence-corrected chi connectivity index (χ3v) is 3.70. The minimum absolute atomic E-state index is 0.881. The van der Waals surface area contributed by atoms with Gasteiger partial charge in [0.2, 0.25) is 0 Å². The van der Waals surface area contributed by atoms with Gasteiger partial charge < -0.3 is 5.32 Å². The van der Waals surface area contributed by atoms with E-state index in [2.05, 4.69) is 21.3 Å². The quantitative estimate of drug-likeness (QED) is 0.801. The third kappa shape index (κ3) is 1.93. The second-order valence-electron chi connectivity index (χ2n) is 4.93. The monoisotopic (exact) mass is 205 g/mol. The van der Waals surface area contributed by atoms with Crippen LogP contribution in [-0.2, 0) is 19.6 Å². The van der Waals surface area contributed by atoms with Crippen LogP contribution in [0.1, 0.15) is 43.4 Å². The van der Waals surface area contributed by atoms with E-state index in [1.54, 1.807) is 0 Å². The molecule has 0 aromatic carbocycles. The molecule has 1 aromatic rings. The van der Waals surface area contributed by atoms with E-state index in [0.29, 0.717) is 0 Å². The highest BCUT2D eigenvalue weighted by Crippen LogP contribution is 2.25. The first kappa shape index (κ1) is 9.40. The van der Waals surface area contributed by atoms with Crippen molar-refractivity contribution in [3.05, 3.63) is 17.5 Å². The molecule has 3 rings (SSSR count). The van der Waals surface area contributed by atoms with Crippen molar-refractivity contribution in [3.63, 3.8) is 0 Å². The summed E-state index contributed by atoms with van der Waals surface area (Å²) in [5.74, 6) is 0.881. The minimum Gasteiger partial charge on any atom is -0.307 e. The summed E-state index contributed by atoms with van der Waals surface area (Å²) in [5, 5.41) is 7.96. The van der Waals surface area contributed by atoms with Crippen molar-refractivity contribution in [3.8, 4) is 0 Å². The van der Waals surface area contributed by atoms with Crippen LogP contribution in [0, 0.1) is 5.92 Å². The molecular weight excluding hydrogens is 186 g/mol. The van der Waals surface area contributed by atoms with E-state index < -0.39 is 0 Å². The largest absolute Gasteiger partial charge is 0.307 e. The number of hydrogen-bond acceptors (Lipinski definition) is 2. The van der Waals surface area contributed by atoms with Gasteiger partial charge in [0, 0.05) is 31.4 Å². The molecule has 2 heterocycles. The summed E-state index contributed by atoms with van der Waals surface area (Å²) in [6.07, 6.45) is 9.34. The maximum atomic E-state index is 4.64. The van der Waals surface area contributed by atoms with Crippen molar-refractivity contribution < 1.29 is 0 Å². The van der Waals surface area contributed by atoms with E-state index in [1.807, 2.05) is 0 Å². The highest BCUT2D eigenvalue weighted by atomic mass is 15.3. The minimum atomic E-state index is 0.881. The molecule has 2 aliphatic rings. The van der Waals surface area contributed by atoms with Crippen LogP contribution in [0.5, 0.6) is 0 Å². The fourth-order valence-electron chi connectivity index (χ4n) is 2.84. The van der Waals surface area contributed by atoms with E-state index in [4.69, 9.17) is 0 Å². The molecule has 1 aromatic heterocycles. The zero-order valence-corrected chi connectivity index (χ0v) is 9.21. The van der Waals surface area contributed by atoms with Gasteiger partial charge in [0.15, 0.2) is 0 Å². The van der Waals surface area contributed by atoms with Gasteiger partial charge >= 0.3 is 0 Å². The van der Waals surface area contributed by atoms with Gasteiger partial charge in [-0.15, -0.1) is 0 Å². The Labute approximate surface area is 90.9 Å². The number of nitrogens with zero attached hydrogens (tertiary/aromatic N) is 2.